The molecule has 5 aromatic rings. The van der Waals surface area contributed by atoms with Gasteiger partial charge in [-0.1, -0.05) is 24.8 Å². The second kappa shape index (κ2) is 10.9. The smallest absolute Gasteiger partial charge is 0.247 e. The Balaban J connectivity index is 1.25. The molecule has 1 aliphatic rings. The van der Waals surface area contributed by atoms with Gasteiger partial charge >= 0.3 is 0 Å². The second-order valence-electron chi connectivity index (χ2n) is 9.31. The molecule has 0 unspecified atom stereocenters. The fourth-order valence-corrected chi connectivity index (χ4v) is 4.47. The van der Waals surface area contributed by atoms with Crippen LogP contribution in [0.15, 0.2) is 74.0 Å². The van der Waals surface area contributed by atoms with E-state index in [1.54, 1.807) is 17.2 Å². The zero-order valence-electron chi connectivity index (χ0n) is 22.0. The van der Waals surface area contributed by atoms with E-state index in [4.69, 9.17) is 14.7 Å². The summed E-state index contributed by atoms with van der Waals surface area (Å²) in [6.07, 6.45) is 8.51. The first-order chi connectivity index (χ1) is 19.6. The Morgan fingerprint density at radius 2 is 2.00 bits per heavy atom. The molecule has 12 heteroatoms. The maximum Gasteiger partial charge on any atom is 0.247 e. The summed E-state index contributed by atoms with van der Waals surface area (Å²) in [4.78, 5) is 32.8. The number of imidazole rings is 1. The number of hydrogen-bond acceptors (Lipinski definition) is 9. The van der Waals surface area contributed by atoms with Crippen LogP contribution >= 0.6 is 0 Å². The molecule has 1 saturated heterocycles. The van der Waals surface area contributed by atoms with E-state index in [2.05, 4.69) is 37.2 Å². The van der Waals surface area contributed by atoms with Crippen LogP contribution in [0, 0.1) is 0 Å². The van der Waals surface area contributed by atoms with Gasteiger partial charge in [-0.15, -0.1) is 0 Å². The Kier molecular flexibility index (Phi) is 6.89. The van der Waals surface area contributed by atoms with Crippen molar-refractivity contribution in [2.45, 2.75) is 6.54 Å². The number of aryl methyl sites for hydroxylation is 1. The fraction of sp³-hybridized carbons (Fsp3) is 0.214. The highest BCUT2D eigenvalue weighted by Gasteiger charge is 2.20. The number of hydrogen-bond donors (Lipinski definition) is 2. The van der Waals surface area contributed by atoms with Crippen LogP contribution in [0.5, 0.6) is 0 Å². The van der Waals surface area contributed by atoms with Crippen molar-refractivity contribution in [1.29, 1.82) is 0 Å². The van der Waals surface area contributed by atoms with E-state index >= 15 is 0 Å². The molecular weight excluding hydrogens is 508 g/mol. The Morgan fingerprint density at radius 1 is 1.12 bits per heavy atom. The lowest BCUT2D eigenvalue weighted by Crippen LogP contribution is -2.37. The summed E-state index contributed by atoms with van der Waals surface area (Å²) in [6.45, 7) is 6.69. The van der Waals surface area contributed by atoms with Crippen LogP contribution in [0.3, 0.4) is 0 Å². The number of fused-ring (bicyclic) bond motifs is 1. The molecule has 1 fully saturated rings. The maximum absolute atomic E-state index is 11.7. The third kappa shape index (κ3) is 5.24. The van der Waals surface area contributed by atoms with E-state index in [0.717, 1.165) is 35.6 Å². The molecule has 0 saturated carbocycles. The van der Waals surface area contributed by atoms with Crippen molar-refractivity contribution in [3.05, 3.63) is 79.5 Å². The third-order valence-electron chi connectivity index (χ3n) is 6.54. The van der Waals surface area contributed by atoms with E-state index in [9.17, 15) is 4.79 Å². The molecule has 12 nitrogen and oxygen atoms in total. The normalized spacial score (nSPS) is 13.4. The van der Waals surface area contributed by atoms with Crippen molar-refractivity contribution in [3.63, 3.8) is 0 Å². The average Bonchev–Trinajstić information content (AvgIpc) is 3.62. The van der Waals surface area contributed by atoms with Gasteiger partial charge in [-0.25, -0.2) is 4.98 Å². The summed E-state index contributed by atoms with van der Waals surface area (Å²) in [5.74, 6) is 1.01. The molecule has 0 spiro atoms. The van der Waals surface area contributed by atoms with Crippen molar-refractivity contribution >= 4 is 34.5 Å². The molecule has 0 atom stereocenters. The lowest BCUT2D eigenvalue weighted by molar-refractivity contribution is -0.111. The Bertz CT molecular complexity index is 1670. The maximum atomic E-state index is 11.7. The van der Waals surface area contributed by atoms with Crippen molar-refractivity contribution in [1.82, 2.24) is 34.3 Å². The van der Waals surface area contributed by atoms with Gasteiger partial charge in [0, 0.05) is 50.3 Å². The lowest BCUT2D eigenvalue weighted by Gasteiger charge is -2.27. The van der Waals surface area contributed by atoms with Crippen molar-refractivity contribution in [2.24, 2.45) is 7.05 Å². The summed E-state index contributed by atoms with van der Waals surface area (Å²) >= 11 is 0. The molecule has 6 rings (SSSR count). The molecule has 5 heterocycles. The van der Waals surface area contributed by atoms with Gasteiger partial charge in [0.1, 0.15) is 6.33 Å². The summed E-state index contributed by atoms with van der Waals surface area (Å²) < 4.78 is 9.19. The number of rotatable bonds is 8. The van der Waals surface area contributed by atoms with Crippen LogP contribution < -0.4 is 15.5 Å². The second-order valence-corrected chi connectivity index (χ2v) is 9.31. The van der Waals surface area contributed by atoms with Crippen molar-refractivity contribution in [2.75, 3.05) is 41.8 Å². The van der Waals surface area contributed by atoms with Gasteiger partial charge < -0.3 is 20.3 Å². The Hall–Kier alpha value is -5.10. The molecular formula is C28H28N10O2. The topological polar surface area (TPSA) is 128 Å². The number of amides is 1. The lowest BCUT2D eigenvalue weighted by atomic mass is 10.1. The number of anilines is 3. The average molecular weight is 537 g/mol. The van der Waals surface area contributed by atoms with Gasteiger partial charge in [0.2, 0.25) is 11.9 Å². The first-order valence-corrected chi connectivity index (χ1v) is 12.9. The first kappa shape index (κ1) is 25.2. The quantitative estimate of drug-likeness (QED) is 0.287. The first-order valence-electron chi connectivity index (χ1n) is 12.9. The van der Waals surface area contributed by atoms with E-state index in [-0.39, 0.29) is 5.91 Å². The van der Waals surface area contributed by atoms with Crippen molar-refractivity contribution < 1.29 is 9.53 Å². The molecule has 0 aliphatic carbocycles. The number of pyridine rings is 1. The number of ether oxygens (including phenoxy) is 1. The minimum atomic E-state index is -0.257. The SMILES string of the molecule is C=CC(=O)Nc1cccc(-c2ccc(CNc3nc(N4CCOCC4)nc4c3ncn4-c3cnn(C)c3)cn2)c1. The highest BCUT2D eigenvalue weighted by molar-refractivity contribution is 5.99. The fourth-order valence-electron chi connectivity index (χ4n) is 4.47. The number of aromatic nitrogens is 7. The largest absolute Gasteiger partial charge is 0.378 e. The van der Waals surface area contributed by atoms with Gasteiger partial charge in [-0.2, -0.15) is 15.1 Å². The molecule has 4 aromatic heterocycles. The minimum absolute atomic E-state index is 0.257. The molecule has 1 aromatic carbocycles. The number of morpholine rings is 1. The summed E-state index contributed by atoms with van der Waals surface area (Å²) in [5, 5.41) is 10.5. The van der Waals surface area contributed by atoms with Crippen molar-refractivity contribution in [3.8, 4) is 16.9 Å². The van der Waals surface area contributed by atoms with Crippen LogP contribution in [0.1, 0.15) is 5.56 Å². The van der Waals surface area contributed by atoms with Gasteiger partial charge in [0.05, 0.1) is 30.8 Å². The Morgan fingerprint density at radius 3 is 2.75 bits per heavy atom. The summed E-state index contributed by atoms with van der Waals surface area (Å²) in [7, 11) is 1.88. The summed E-state index contributed by atoms with van der Waals surface area (Å²) in [5.41, 5.74) is 5.60. The number of nitrogens with one attached hydrogen (secondary N) is 2. The van der Waals surface area contributed by atoms with Gasteiger partial charge in [0.15, 0.2) is 17.0 Å². The van der Waals surface area contributed by atoms with Gasteiger partial charge in [0.25, 0.3) is 0 Å². The highest BCUT2D eigenvalue weighted by atomic mass is 16.5. The molecule has 1 amide bonds. The van der Waals surface area contributed by atoms with Crippen LogP contribution in [0.25, 0.3) is 28.1 Å². The minimum Gasteiger partial charge on any atom is -0.378 e. The van der Waals surface area contributed by atoms with Crippen LogP contribution in [0.4, 0.5) is 17.5 Å². The monoisotopic (exact) mass is 536 g/mol. The van der Waals surface area contributed by atoms with Crippen LogP contribution in [0.2, 0.25) is 0 Å². The van der Waals surface area contributed by atoms with Crippen LogP contribution in [-0.4, -0.2) is 66.5 Å². The molecule has 0 bridgehead atoms. The third-order valence-corrected chi connectivity index (χ3v) is 6.54. The number of carbonyl (C=O) groups is 1. The van der Waals surface area contributed by atoms with E-state index < -0.39 is 0 Å². The molecule has 1 aliphatic heterocycles. The molecule has 0 radical (unpaired) electrons. The van der Waals surface area contributed by atoms with Gasteiger partial charge in [-0.05, 0) is 29.8 Å². The molecule has 202 valence electrons. The van der Waals surface area contributed by atoms with Crippen LogP contribution in [-0.2, 0) is 23.1 Å². The van der Waals surface area contributed by atoms with E-state index in [1.807, 2.05) is 60.4 Å². The van der Waals surface area contributed by atoms with Gasteiger partial charge in [-0.3, -0.25) is 19.0 Å². The zero-order valence-corrected chi connectivity index (χ0v) is 22.0. The molecule has 40 heavy (non-hydrogen) atoms. The molecule has 2 N–H and O–H groups in total. The number of carbonyl (C=O) groups excluding carboxylic acids is 1. The number of benzene rings is 1. The number of nitrogens with zero attached hydrogens (tertiary/aromatic N) is 8. The predicted octanol–water partition coefficient (Wildman–Crippen LogP) is 3.18. The predicted molar refractivity (Wildman–Crippen MR) is 152 cm³/mol. The zero-order chi connectivity index (χ0) is 27.5. The van der Waals surface area contributed by atoms with E-state index in [0.29, 0.717) is 48.4 Å². The standard InChI is InChI=1S/C28H28N10O2/c1-3-24(39)33-21-6-4-5-20(13-21)23-8-7-19(14-29-23)15-30-26-25-27(35-28(34-26)37-9-11-40-12-10-37)38(18-31-25)22-16-32-36(2)17-22/h3-8,13-14,16-18H,1,9-12,15H2,2H3,(H,33,39)(H,30,34,35). The summed E-state index contributed by atoms with van der Waals surface area (Å²) in [6, 6.07) is 11.5. The highest BCUT2D eigenvalue weighted by Crippen LogP contribution is 2.26. The Labute approximate surface area is 230 Å². The van der Waals surface area contributed by atoms with E-state index in [1.165, 1.54) is 6.08 Å².